The second-order valence-corrected chi connectivity index (χ2v) is 12.1. The van der Waals surface area contributed by atoms with Gasteiger partial charge in [-0.3, -0.25) is 14.9 Å². The predicted octanol–water partition coefficient (Wildman–Crippen LogP) is 3.77. The predicted molar refractivity (Wildman–Crippen MR) is 136 cm³/mol. The smallest absolute Gasteiger partial charge is 0.257 e. The average Bonchev–Trinajstić information content (AvgIpc) is 3.19. The Balaban J connectivity index is 1.71. The van der Waals surface area contributed by atoms with Crippen molar-refractivity contribution in [1.82, 2.24) is 15.3 Å². The summed E-state index contributed by atoms with van der Waals surface area (Å²) in [5, 5.41) is 27.8. The van der Waals surface area contributed by atoms with Gasteiger partial charge >= 0.3 is 0 Å². The largest absolute Gasteiger partial charge is 0.396 e. The van der Waals surface area contributed by atoms with Gasteiger partial charge in [-0.1, -0.05) is 25.4 Å². The first-order chi connectivity index (χ1) is 16.5. The highest BCUT2D eigenvalue weighted by Gasteiger charge is 2.59. The molecule has 4 N–H and O–H groups in total. The molecule has 0 bridgehead atoms. The van der Waals surface area contributed by atoms with Gasteiger partial charge in [-0.2, -0.15) is 0 Å². The molecule has 0 unspecified atom stereocenters. The quantitative estimate of drug-likeness (QED) is 0.430. The van der Waals surface area contributed by atoms with E-state index >= 15 is 0 Å². The number of hydrogen-bond donors (Lipinski definition) is 4. The van der Waals surface area contributed by atoms with Crippen molar-refractivity contribution >= 4 is 39.9 Å². The number of nitrogens with zero attached hydrogens (tertiary/aromatic N) is 2. The third-order valence-corrected chi connectivity index (χ3v) is 9.16. The van der Waals surface area contributed by atoms with Crippen molar-refractivity contribution < 1.29 is 19.8 Å². The molecule has 10 heteroatoms. The SMILES string of the molecule is CC(C)NC(=O)C[C@H]1c2nc(NC(=O)c3ccnc(Cl)c3)sc2C[C@H]2[C@](C)(CO)[C@H](O)CC[C@]21C. The number of halogens is 1. The fourth-order valence-electron chi connectivity index (χ4n) is 5.98. The Labute approximate surface area is 214 Å². The normalized spacial score (nSPS) is 29.9. The summed E-state index contributed by atoms with van der Waals surface area (Å²) in [6.07, 6.45) is 3.00. The van der Waals surface area contributed by atoms with Gasteiger partial charge in [0.2, 0.25) is 5.91 Å². The molecule has 2 aliphatic carbocycles. The van der Waals surface area contributed by atoms with Crippen LogP contribution in [0.2, 0.25) is 5.15 Å². The van der Waals surface area contributed by atoms with E-state index in [0.29, 0.717) is 23.5 Å². The molecule has 5 atom stereocenters. The molecule has 2 aliphatic rings. The minimum atomic E-state index is -0.696. The van der Waals surface area contributed by atoms with Crippen molar-refractivity contribution in [1.29, 1.82) is 0 Å². The summed E-state index contributed by atoms with van der Waals surface area (Å²) in [7, 11) is 0. The van der Waals surface area contributed by atoms with Gasteiger partial charge in [0.05, 0.1) is 18.4 Å². The van der Waals surface area contributed by atoms with Crippen LogP contribution in [0.3, 0.4) is 0 Å². The second-order valence-electron chi connectivity index (χ2n) is 10.6. The minimum Gasteiger partial charge on any atom is -0.396 e. The van der Waals surface area contributed by atoms with Crippen molar-refractivity contribution in [3.8, 4) is 0 Å². The van der Waals surface area contributed by atoms with Crippen LogP contribution in [0.15, 0.2) is 18.3 Å². The standard InChI is InChI=1S/C25H33ClN4O4S/c1-13(2)28-20(33)10-15-21-16(11-17-24(15,3)7-5-18(32)25(17,4)12-31)35-23(29-21)30-22(34)14-6-8-27-19(26)9-14/h6,8-9,13,15,17-18,31-32H,5,7,10-12H2,1-4H3,(H,28,33)(H,29,30,34)/t15-,17+,18+,24-,25-/m0/s1. The van der Waals surface area contributed by atoms with Crippen LogP contribution < -0.4 is 10.6 Å². The fourth-order valence-corrected chi connectivity index (χ4v) is 7.22. The van der Waals surface area contributed by atoms with E-state index in [1.807, 2.05) is 20.8 Å². The first-order valence-electron chi connectivity index (χ1n) is 12.0. The zero-order chi connectivity index (χ0) is 25.5. The Morgan fingerprint density at radius 3 is 2.74 bits per heavy atom. The van der Waals surface area contributed by atoms with Crippen LogP contribution in [0.5, 0.6) is 0 Å². The minimum absolute atomic E-state index is 0.0162. The number of hydrogen-bond acceptors (Lipinski definition) is 7. The van der Waals surface area contributed by atoms with Gasteiger partial charge in [0.25, 0.3) is 5.91 Å². The Kier molecular flexibility index (Phi) is 7.26. The highest BCUT2D eigenvalue weighted by Crippen LogP contribution is 2.62. The molecule has 0 aliphatic heterocycles. The molecule has 0 aromatic carbocycles. The molecule has 35 heavy (non-hydrogen) atoms. The number of nitrogens with one attached hydrogen (secondary N) is 2. The third-order valence-electron chi connectivity index (χ3n) is 7.94. The monoisotopic (exact) mass is 520 g/mol. The third kappa shape index (κ3) is 4.83. The van der Waals surface area contributed by atoms with E-state index < -0.39 is 11.5 Å². The van der Waals surface area contributed by atoms with Crippen LogP contribution in [0.1, 0.15) is 73.8 Å². The molecule has 2 aromatic heterocycles. The summed E-state index contributed by atoms with van der Waals surface area (Å²) in [5.74, 6) is -0.643. The van der Waals surface area contributed by atoms with Crippen molar-refractivity contribution in [3.63, 3.8) is 0 Å². The van der Waals surface area contributed by atoms with Crippen LogP contribution >= 0.6 is 22.9 Å². The van der Waals surface area contributed by atoms with Gasteiger partial charge in [-0.05, 0) is 56.6 Å². The van der Waals surface area contributed by atoms with Crippen molar-refractivity contribution in [2.24, 2.45) is 16.7 Å². The van der Waals surface area contributed by atoms with Crippen LogP contribution in [0, 0.1) is 16.7 Å². The second kappa shape index (κ2) is 9.76. The maximum atomic E-state index is 12.9. The van der Waals surface area contributed by atoms with Crippen LogP contribution in [0.25, 0.3) is 0 Å². The van der Waals surface area contributed by atoms with Gasteiger partial charge in [-0.15, -0.1) is 11.3 Å². The van der Waals surface area contributed by atoms with Crippen LogP contribution in [-0.4, -0.2) is 50.7 Å². The fraction of sp³-hybridized carbons (Fsp3) is 0.600. The molecule has 1 saturated carbocycles. The lowest BCUT2D eigenvalue weighted by Crippen LogP contribution is -2.57. The van der Waals surface area contributed by atoms with Gasteiger partial charge in [-0.25, -0.2) is 9.97 Å². The molecular formula is C25H33ClN4O4S. The molecule has 2 amide bonds. The van der Waals surface area contributed by atoms with Gasteiger partial charge in [0.1, 0.15) is 5.15 Å². The number of aromatic nitrogens is 2. The van der Waals surface area contributed by atoms with Crippen molar-refractivity contribution in [3.05, 3.63) is 39.6 Å². The number of anilines is 1. The molecule has 2 aromatic rings. The average molecular weight is 521 g/mol. The number of fused-ring (bicyclic) bond motifs is 2. The summed E-state index contributed by atoms with van der Waals surface area (Å²) in [4.78, 5) is 35.4. The van der Waals surface area contributed by atoms with E-state index in [1.165, 1.54) is 23.6 Å². The van der Waals surface area contributed by atoms with Gasteiger partial charge < -0.3 is 15.5 Å². The number of aliphatic hydroxyl groups is 2. The van der Waals surface area contributed by atoms with Crippen molar-refractivity contribution in [2.45, 2.75) is 71.4 Å². The van der Waals surface area contributed by atoms with E-state index in [0.717, 1.165) is 17.0 Å². The maximum absolute atomic E-state index is 12.9. The molecule has 0 radical (unpaired) electrons. The highest BCUT2D eigenvalue weighted by atomic mass is 35.5. The van der Waals surface area contributed by atoms with E-state index in [1.54, 1.807) is 6.07 Å². The molecule has 4 rings (SSSR count). The molecule has 190 valence electrons. The number of rotatable bonds is 6. The lowest BCUT2D eigenvalue weighted by atomic mass is 9.47. The molecule has 1 fully saturated rings. The number of aliphatic hydroxyl groups excluding tert-OH is 2. The van der Waals surface area contributed by atoms with E-state index in [2.05, 4.69) is 22.5 Å². The zero-order valence-corrected chi connectivity index (χ0v) is 22.0. The van der Waals surface area contributed by atoms with E-state index in [-0.39, 0.29) is 53.3 Å². The molecular weight excluding hydrogens is 488 g/mol. The number of amides is 2. The van der Waals surface area contributed by atoms with Crippen LogP contribution in [0.4, 0.5) is 5.13 Å². The van der Waals surface area contributed by atoms with Crippen LogP contribution in [-0.2, 0) is 11.2 Å². The Hall–Kier alpha value is -2.07. The first kappa shape index (κ1) is 26.0. The number of carbonyl (C=O) groups excluding carboxylic acids is 2. The topological polar surface area (TPSA) is 124 Å². The Bertz CT molecular complexity index is 1120. The number of carbonyl (C=O) groups is 2. The summed E-state index contributed by atoms with van der Waals surface area (Å²) >= 11 is 7.32. The van der Waals surface area contributed by atoms with Gasteiger partial charge in [0.15, 0.2) is 5.13 Å². The summed E-state index contributed by atoms with van der Waals surface area (Å²) in [5.41, 5.74) is 0.167. The summed E-state index contributed by atoms with van der Waals surface area (Å²) < 4.78 is 0. The number of thiazole rings is 1. The van der Waals surface area contributed by atoms with E-state index in [9.17, 15) is 19.8 Å². The lowest BCUT2D eigenvalue weighted by Gasteiger charge is -2.58. The zero-order valence-electron chi connectivity index (χ0n) is 20.5. The highest BCUT2D eigenvalue weighted by molar-refractivity contribution is 7.15. The lowest BCUT2D eigenvalue weighted by molar-refractivity contribution is -0.144. The molecule has 2 heterocycles. The summed E-state index contributed by atoms with van der Waals surface area (Å²) in [6.45, 7) is 7.81. The Morgan fingerprint density at radius 1 is 1.34 bits per heavy atom. The van der Waals surface area contributed by atoms with Gasteiger partial charge in [0, 0.05) is 40.4 Å². The van der Waals surface area contributed by atoms with E-state index in [4.69, 9.17) is 16.6 Å². The first-order valence-corrected chi connectivity index (χ1v) is 13.2. The molecule has 0 spiro atoms. The summed E-state index contributed by atoms with van der Waals surface area (Å²) in [6, 6.07) is 3.09. The maximum Gasteiger partial charge on any atom is 0.257 e. The molecule has 8 nitrogen and oxygen atoms in total. The Morgan fingerprint density at radius 2 is 2.09 bits per heavy atom. The molecule has 0 saturated heterocycles. The van der Waals surface area contributed by atoms with Crippen molar-refractivity contribution in [2.75, 3.05) is 11.9 Å². The number of pyridine rings is 1.